The molecule has 55 heavy (non-hydrogen) atoms. The van der Waals surface area contributed by atoms with Crippen molar-refractivity contribution in [3.8, 4) is 11.8 Å². The third kappa shape index (κ3) is 9.40. The van der Waals surface area contributed by atoms with Gasteiger partial charge in [0, 0.05) is 31.6 Å². The van der Waals surface area contributed by atoms with Gasteiger partial charge in [-0.2, -0.15) is 0 Å². The highest BCUT2D eigenvalue weighted by molar-refractivity contribution is 7.90. The smallest absolute Gasteiger partial charge is 0.242 e. The summed E-state index contributed by atoms with van der Waals surface area (Å²) in [7, 11) is -3.85. The van der Waals surface area contributed by atoms with Crippen LogP contribution in [-0.4, -0.2) is 77.4 Å². The molecule has 2 aliphatic carbocycles. The normalized spacial score (nSPS) is 29.7. The van der Waals surface area contributed by atoms with Crippen LogP contribution in [0.15, 0.2) is 36.4 Å². The molecule has 7 atom stereocenters. The van der Waals surface area contributed by atoms with Crippen molar-refractivity contribution in [2.24, 2.45) is 34.5 Å². The Morgan fingerprint density at radius 3 is 2.36 bits per heavy atom. The Kier molecular flexibility index (Phi) is 12.1. The third-order valence-electron chi connectivity index (χ3n) is 11.9. The van der Waals surface area contributed by atoms with Crippen LogP contribution in [0.25, 0.3) is 10.8 Å². The molecule has 2 saturated carbocycles. The molecule has 0 bridgehead atoms. The van der Waals surface area contributed by atoms with Gasteiger partial charge >= 0.3 is 0 Å². The Morgan fingerprint density at radius 2 is 1.71 bits per heavy atom. The van der Waals surface area contributed by atoms with Gasteiger partial charge in [0.05, 0.1) is 40.6 Å². The van der Waals surface area contributed by atoms with Crippen molar-refractivity contribution < 1.29 is 37.1 Å². The van der Waals surface area contributed by atoms with Gasteiger partial charge in [-0.05, 0) is 80.8 Å². The minimum atomic E-state index is -3.85. The standard InChI is InChI=1S/C42H58N4O8S/c1-7-27-19-26(3)13-9-10-14-28-22-42(28,40(50)45-55(51,52)31-17-18-31)24-36(48)35-21-30(25-46(35)39(49)34(27)20-29(47)23-41(4,5)6)54-38-33-16-12-11-15-32(33)37(43-44-38)53-8-2/h10-12,14-16,26-28,30-31,34-35H,7-9,13,17-25H2,1-6H3,(H,45,50)/b14-10-/t26-,27+,28+,30+,34-,35-,42+/m0/s1. The van der Waals surface area contributed by atoms with E-state index in [0.29, 0.717) is 55.4 Å². The maximum Gasteiger partial charge on any atom is 0.242 e. The van der Waals surface area contributed by atoms with Crippen LogP contribution in [0.2, 0.25) is 0 Å². The molecule has 3 fully saturated rings. The average molecular weight is 779 g/mol. The van der Waals surface area contributed by atoms with Gasteiger partial charge in [0.2, 0.25) is 33.6 Å². The summed E-state index contributed by atoms with van der Waals surface area (Å²) in [5.74, 6) is -1.39. The van der Waals surface area contributed by atoms with E-state index in [-0.39, 0.29) is 72.3 Å². The van der Waals surface area contributed by atoms with Crippen LogP contribution in [0.5, 0.6) is 11.8 Å². The van der Waals surface area contributed by atoms with Crippen LogP contribution in [0.4, 0.5) is 0 Å². The topological polar surface area (TPSA) is 162 Å². The summed E-state index contributed by atoms with van der Waals surface area (Å²) in [5.41, 5.74) is -1.49. The number of nitrogens with zero attached hydrogens (tertiary/aromatic N) is 3. The van der Waals surface area contributed by atoms with Crippen LogP contribution < -0.4 is 14.2 Å². The molecule has 3 heterocycles. The van der Waals surface area contributed by atoms with Crippen molar-refractivity contribution in [3.63, 3.8) is 0 Å². The van der Waals surface area contributed by atoms with Gasteiger partial charge in [-0.3, -0.25) is 23.9 Å². The molecule has 1 aromatic carbocycles. The van der Waals surface area contributed by atoms with Gasteiger partial charge in [0.15, 0.2) is 5.78 Å². The van der Waals surface area contributed by atoms with Crippen LogP contribution in [0.1, 0.15) is 112 Å². The molecule has 12 nitrogen and oxygen atoms in total. The van der Waals surface area contributed by atoms with Gasteiger partial charge in [-0.1, -0.05) is 65.3 Å². The van der Waals surface area contributed by atoms with Gasteiger partial charge < -0.3 is 14.4 Å². The molecular weight excluding hydrogens is 721 g/mol. The van der Waals surface area contributed by atoms with Crippen LogP contribution >= 0.6 is 0 Å². The Bertz CT molecular complexity index is 1920. The summed E-state index contributed by atoms with van der Waals surface area (Å²) < 4.78 is 40.4. The fourth-order valence-corrected chi connectivity index (χ4v) is 10.1. The highest BCUT2D eigenvalue weighted by Crippen LogP contribution is 2.57. The van der Waals surface area contributed by atoms with Crippen molar-refractivity contribution in [2.45, 2.75) is 130 Å². The first kappa shape index (κ1) is 40.8. The highest BCUT2D eigenvalue weighted by Gasteiger charge is 2.61. The maximum absolute atomic E-state index is 15.0. The number of hydrogen-bond acceptors (Lipinski definition) is 10. The first-order valence-electron chi connectivity index (χ1n) is 20.2. The summed E-state index contributed by atoms with van der Waals surface area (Å²) in [4.78, 5) is 58.8. The molecule has 2 amide bonds. The Labute approximate surface area is 325 Å². The zero-order chi connectivity index (χ0) is 39.7. The second-order valence-corrected chi connectivity index (χ2v) is 19.6. The number of sulfonamides is 1. The molecule has 4 aliphatic rings. The number of carbonyl (C=O) groups is 4. The van der Waals surface area contributed by atoms with E-state index in [0.717, 1.165) is 19.3 Å². The number of fused-ring (bicyclic) bond motifs is 3. The number of hydrogen-bond donors (Lipinski definition) is 1. The molecule has 1 aromatic heterocycles. The molecule has 13 heteroatoms. The molecule has 0 unspecified atom stereocenters. The second kappa shape index (κ2) is 16.3. The number of rotatable bonds is 11. The van der Waals surface area contributed by atoms with Crippen molar-refractivity contribution >= 4 is 44.2 Å². The molecule has 2 aliphatic heterocycles. The van der Waals surface area contributed by atoms with E-state index in [9.17, 15) is 22.8 Å². The number of aromatic nitrogens is 2. The number of ketones is 2. The summed E-state index contributed by atoms with van der Waals surface area (Å²) in [6.45, 7) is 12.6. The lowest BCUT2D eigenvalue weighted by Crippen LogP contribution is -2.47. The molecule has 1 N–H and O–H groups in total. The quantitative estimate of drug-likeness (QED) is 0.254. The number of allylic oxidation sites excluding steroid dienone is 2. The molecule has 0 radical (unpaired) electrons. The Morgan fingerprint density at radius 1 is 1.02 bits per heavy atom. The van der Waals surface area contributed by atoms with Crippen LogP contribution in [0.3, 0.4) is 0 Å². The van der Waals surface area contributed by atoms with E-state index in [2.05, 4.69) is 28.8 Å². The average Bonchev–Trinajstić information content (AvgIpc) is 4.05. The molecule has 300 valence electrons. The van der Waals surface area contributed by atoms with E-state index in [1.807, 2.05) is 64.1 Å². The molecule has 1 saturated heterocycles. The number of ether oxygens (including phenoxy) is 2. The summed E-state index contributed by atoms with van der Waals surface area (Å²) >= 11 is 0. The van der Waals surface area contributed by atoms with Crippen molar-refractivity contribution in [1.82, 2.24) is 19.8 Å². The van der Waals surface area contributed by atoms with Gasteiger partial charge in [-0.25, -0.2) is 8.42 Å². The summed E-state index contributed by atoms with van der Waals surface area (Å²) in [6, 6.07) is 6.50. The fraction of sp³-hybridized carbons (Fsp3) is 0.667. The lowest BCUT2D eigenvalue weighted by atomic mass is 9.77. The van der Waals surface area contributed by atoms with Crippen molar-refractivity contribution in [2.75, 3.05) is 13.2 Å². The van der Waals surface area contributed by atoms with E-state index < -0.39 is 44.7 Å². The number of Topliss-reactive ketones (excluding diaryl/α,β-unsaturated/α-hetero) is 2. The predicted molar refractivity (Wildman–Crippen MR) is 209 cm³/mol. The van der Waals surface area contributed by atoms with Crippen LogP contribution in [0, 0.1) is 34.5 Å². The number of amides is 2. The largest absolute Gasteiger partial charge is 0.476 e. The van der Waals surface area contributed by atoms with Crippen molar-refractivity contribution in [1.29, 1.82) is 0 Å². The lowest BCUT2D eigenvalue weighted by molar-refractivity contribution is -0.145. The zero-order valence-corrected chi connectivity index (χ0v) is 34.0. The van der Waals surface area contributed by atoms with Gasteiger partial charge in [0.25, 0.3) is 0 Å². The number of benzene rings is 1. The minimum Gasteiger partial charge on any atom is -0.476 e. The van der Waals surface area contributed by atoms with Gasteiger partial charge in [0.1, 0.15) is 11.9 Å². The van der Waals surface area contributed by atoms with Crippen molar-refractivity contribution in [3.05, 3.63) is 36.4 Å². The lowest BCUT2D eigenvalue weighted by Gasteiger charge is -2.33. The SMILES string of the molecule is CCOc1nnc(O[C@@H]2C[C@H]3C(=O)C[C@]4(C(=O)NS(=O)(=O)C5CC5)C[C@H]4/C=C\CC[C@H](C)C[C@@H](CC)[C@H](CC(=O)CC(C)(C)C)C(=O)N3C2)c2ccccc12. The maximum atomic E-state index is 15.0. The van der Waals surface area contributed by atoms with Gasteiger partial charge in [-0.15, -0.1) is 10.2 Å². The fourth-order valence-electron chi connectivity index (χ4n) is 8.70. The van der Waals surface area contributed by atoms with E-state index in [4.69, 9.17) is 9.47 Å². The Hall–Kier alpha value is -3.87. The number of nitrogens with one attached hydrogen (secondary N) is 1. The number of carbonyl (C=O) groups excluding carboxylic acids is 4. The highest BCUT2D eigenvalue weighted by atomic mass is 32.2. The summed E-state index contributed by atoms with van der Waals surface area (Å²) in [5, 5.41) is 9.42. The monoisotopic (exact) mass is 778 g/mol. The van der Waals surface area contributed by atoms with E-state index >= 15 is 4.79 Å². The molecule has 2 aromatic rings. The third-order valence-corrected chi connectivity index (χ3v) is 13.7. The minimum absolute atomic E-state index is 0.0112. The zero-order valence-electron chi connectivity index (χ0n) is 33.2. The predicted octanol–water partition coefficient (Wildman–Crippen LogP) is 6.36. The Balaban J connectivity index is 1.36. The molecule has 0 spiro atoms. The van der Waals surface area contributed by atoms with Crippen LogP contribution in [-0.2, 0) is 29.2 Å². The van der Waals surface area contributed by atoms with E-state index in [1.54, 1.807) is 4.90 Å². The second-order valence-electron chi connectivity index (χ2n) is 17.7. The molecular formula is C42H58N4O8S. The van der Waals surface area contributed by atoms with E-state index in [1.165, 1.54) is 0 Å². The first-order chi connectivity index (χ1) is 26.0. The first-order valence-corrected chi connectivity index (χ1v) is 21.7. The summed E-state index contributed by atoms with van der Waals surface area (Å²) in [6.07, 6.45) is 8.07. The molecule has 6 rings (SSSR count).